The standard InChI is InChI=1S/C8H12BrNO3S2/c1-13-2-3-15(11,12)10-5-8-4-7(9)6-14-8/h4,6,10H,2-3,5H2,1H3. The highest BCUT2D eigenvalue weighted by atomic mass is 79.9. The molecule has 1 N–H and O–H groups in total. The fourth-order valence-electron chi connectivity index (χ4n) is 0.893. The number of rotatable bonds is 6. The minimum atomic E-state index is -3.22. The lowest BCUT2D eigenvalue weighted by atomic mass is 10.5. The van der Waals surface area contributed by atoms with Gasteiger partial charge in [-0.1, -0.05) is 0 Å². The number of hydrogen-bond acceptors (Lipinski definition) is 4. The molecule has 0 fully saturated rings. The first-order valence-corrected chi connectivity index (χ1v) is 7.55. The highest BCUT2D eigenvalue weighted by Crippen LogP contribution is 2.19. The average Bonchev–Trinajstić information content (AvgIpc) is 2.59. The summed E-state index contributed by atoms with van der Waals surface area (Å²) in [5.74, 6) is -0.00392. The maximum absolute atomic E-state index is 11.4. The van der Waals surface area contributed by atoms with E-state index >= 15 is 0 Å². The van der Waals surface area contributed by atoms with Gasteiger partial charge in [-0.05, 0) is 22.0 Å². The van der Waals surface area contributed by atoms with E-state index < -0.39 is 10.0 Å². The Morgan fingerprint density at radius 2 is 2.33 bits per heavy atom. The van der Waals surface area contributed by atoms with Gasteiger partial charge in [0.05, 0.1) is 12.4 Å². The highest BCUT2D eigenvalue weighted by molar-refractivity contribution is 9.10. The van der Waals surface area contributed by atoms with Crippen LogP contribution in [-0.2, 0) is 21.3 Å². The normalized spacial score (nSPS) is 11.9. The van der Waals surface area contributed by atoms with Gasteiger partial charge >= 0.3 is 0 Å². The number of ether oxygens (including phenoxy) is 1. The summed E-state index contributed by atoms with van der Waals surface area (Å²) in [6.07, 6.45) is 0. The van der Waals surface area contributed by atoms with Gasteiger partial charge in [0.1, 0.15) is 0 Å². The van der Waals surface area contributed by atoms with E-state index in [0.717, 1.165) is 9.35 Å². The van der Waals surface area contributed by atoms with Gasteiger partial charge in [0.25, 0.3) is 0 Å². The van der Waals surface area contributed by atoms with Crippen molar-refractivity contribution < 1.29 is 13.2 Å². The highest BCUT2D eigenvalue weighted by Gasteiger charge is 2.09. The first kappa shape index (κ1) is 13.1. The molecule has 0 amide bonds. The number of hydrogen-bond donors (Lipinski definition) is 1. The van der Waals surface area contributed by atoms with E-state index in [-0.39, 0.29) is 12.4 Å². The lowest BCUT2D eigenvalue weighted by molar-refractivity contribution is 0.217. The zero-order chi connectivity index (χ0) is 11.3. The van der Waals surface area contributed by atoms with Crippen LogP contribution in [-0.4, -0.2) is 27.9 Å². The van der Waals surface area contributed by atoms with Crippen molar-refractivity contribution in [2.75, 3.05) is 19.5 Å². The molecule has 0 bridgehead atoms. The molecule has 0 spiro atoms. The van der Waals surface area contributed by atoms with E-state index in [9.17, 15) is 8.42 Å². The summed E-state index contributed by atoms with van der Waals surface area (Å²) in [4.78, 5) is 0.975. The van der Waals surface area contributed by atoms with E-state index in [1.54, 1.807) is 0 Å². The Balaban J connectivity index is 2.42. The number of sulfonamides is 1. The molecule has 0 atom stereocenters. The monoisotopic (exact) mass is 313 g/mol. The molecular formula is C8H12BrNO3S2. The third kappa shape index (κ3) is 5.07. The zero-order valence-corrected chi connectivity index (χ0v) is 11.4. The molecule has 7 heteroatoms. The third-order valence-electron chi connectivity index (χ3n) is 1.64. The molecule has 4 nitrogen and oxygen atoms in total. The first-order chi connectivity index (χ1) is 7.03. The van der Waals surface area contributed by atoms with Gasteiger partial charge in [-0.3, -0.25) is 0 Å². The molecule has 86 valence electrons. The quantitative estimate of drug-likeness (QED) is 0.867. The molecule has 0 saturated heterocycles. The van der Waals surface area contributed by atoms with Crippen LogP contribution in [0.4, 0.5) is 0 Å². The minimum absolute atomic E-state index is 0.00392. The molecule has 0 aliphatic rings. The van der Waals surface area contributed by atoms with E-state index in [4.69, 9.17) is 4.74 Å². The molecule has 0 aliphatic heterocycles. The Morgan fingerprint density at radius 1 is 1.60 bits per heavy atom. The van der Waals surface area contributed by atoms with Crippen LogP contribution >= 0.6 is 27.3 Å². The smallest absolute Gasteiger partial charge is 0.214 e. The summed E-state index contributed by atoms with van der Waals surface area (Å²) in [5, 5.41) is 1.92. The van der Waals surface area contributed by atoms with Gasteiger partial charge in [-0.25, -0.2) is 13.1 Å². The molecule has 0 saturated carbocycles. The summed E-state index contributed by atoms with van der Waals surface area (Å²) >= 11 is 4.82. The van der Waals surface area contributed by atoms with Crippen molar-refractivity contribution in [3.63, 3.8) is 0 Å². The van der Waals surface area contributed by atoms with E-state index in [2.05, 4.69) is 20.7 Å². The zero-order valence-electron chi connectivity index (χ0n) is 8.20. The molecule has 1 aromatic rings. The fourth-order valence-corrected chi connectivity index (χ4v) is 3.28. The van der Waals surface area contributed by atoms with Crippen LogP contribution in [0.2, 0.25) is 0 Å². The second-order valence-corrected chi connectivity index (χ2v) is 6.70. The van der Waals surface area contributed by atoms with Crippen molar-refractivity contribution in [3.8, 4) is 0 Å². The Morgan fingerprint density at radius 3 is 2.87 bits per heavy atom. The number of nitrogens with one attached hydrogen (secondary N) is 1. The molecular weight excluding hydrogens is 302 g/mol. The summed E-state index contributed by atoms with van der Waals surface area (Å²) in [6, 6.07) is 1.89. The van der Waals surface area contributed by atoms with Crippen LogP contribution in [0.15, 0.2) is 15.9 Å². The SMILES string of the molecule is COCCS(=O)(=O)NCc1cc(Br)cs1. The van der Waals surface area contributed by atoms with Gasteiger partial charge in [-0.2, -0.15) is 0 Å². The molecule has 1 rings (SSSR count). The predicted octanol–water partition coefficient (Wildman–Crippen LogP) is 1.58. The second kappa shape index (κ2) is 5.95. The number of thiophene rings is 1. The van der Waals surface area contributed by atoms with Crippen molar-refractivity contribution in [1.82, 2.24) is 4.72 Å². The summed E-state index contributed by atoms with van der Waals surface area (Å²) in [5.41, 5.74) is 0. The van der Waals surface area contributed by atoms with Crippen LogP contribution < -0.4 is 4.72 Å². The Hall–Kier alpha value is 0.0500. The largest absolute Gasteiger partial charge is 0.384 e. The third-order valence-corrected chi connectivity index (χ3v) is 4.63. The topological polar surface area (TPSA) is 55.4 Å². The average molecular weight is 314 g/mol. The van der Waals surface area contributed by atoms with Crippen molar-refractivity contribution >= 4 is 37.3 Å². The Bertz CT molecular complexity index is 402. The summed E-state index contributed by atoms with van der Waals surface area (Å²) in [6.45, 7) is 0.547. The van der Waals surface area contributed by atoms with Gasteiger partial charge in [0.15, 0.2) is 0 Å². The predicted molar refractivity (Wildman–Crippen MR) is 64.5 cm³/mol. The lowest BCUT2D eigenvalue weighted by Gasteiger charge is -2.04. The minimum Gasteiger partial charge on any atom is -0.384 e. The van der Waals surface area contributed by atoms with Gasteiger partial charge < -0.3 is 4.74 Å². The molecule has 0 unspecified atom stereocenters. The first-order valence-electron chi connectivity index (χ1n) is 4.22. The van der Waals surface area contributed by atoms with Crippen molar-refractivity contribution in [1.29, 1.82) is 0 Å². The van der Waals surface area contributed by atoms with E-state index in [1.807, 2.05) is 11.4 Å². The number of methoxy groups -OCH3 is 1. The van der Waals surface area contributed by atoms with Gasteiger partial charge in [-0.15, -0.1) is 11.3 Å². The molecule has 1 heterocycles. The van der Waals surface area contributed by atoms with Crippen LogP contribution in [0.5, 0.6) is 0 Å². The molecule has 0 radical (unpaired) electrons. The maximum atomic E-state index is 11.4. The van der Waals surface area contributed by atoms with Crippen molar-refractivity contribution in [3.05, 3.63) is 20.8 Å². The Kier molecular flexibility index (Phi) is 5.20. The van der Waals surface area contributed by atoms with E-state index in [0.29, 0.717) is 6.54 Å². The van der Waals surface area contributed by atoms with Crippen LogP contribution in [0, 0.1) is 0 Å². The van der Waals surface area contributed by atoms with E-state index in [1.165, 1.54) is 18.4 Å². The Labute approximate surface area is 102 Å². The van der Waals surface area contributed by atoms with Crippen LogP contribution in [0.1, 0.15) is 4.88 Å². The molecule has 1 aromatic heterocycles. The summed E-state index contributed by atoms with van der Waals surface area (Å²) in [7, 11) is -1.74. The number of halogens is 1. The fraction of sp³-hybridized carbons (Fsp3) is 0.500. The molecule has 15 heavy (non-hydrogen) atoms. The molecule has 0 aliphatic carbocycles. The van der Waals surface area contributed by atoms with Crippen LogP contribution in [0.3, 0.4) is 0 Å². The van der Waals surface area contributed by atoms with Gasteiger partial charge in [0.2, 0.25) is 10.0 Å². The maximum Gasteiger partial charge on any atom is 0.214 e. The van der Waals surface area contributed by atoms with Crippen molar-refractivity contribution in [2.45, 2.75) is 6.54 Å². The van der Waals surface area contributed by atoms with Crippen molar-refractivity contribution in [2.24, 2.45) is 0 Å². The van der Waals surface area contributed by atoms with Gasteiger partial charge in [0, 0.05) is 28.4 Å². The summed E-state index contributed by atoms with van der Waals surface area (Å²) < 4.78 is 30.9. The lowest BCUT2D eigenvalue weighted by Crippen LogP contribution is -2.27. The molecule has 0 aromatic carbocycles. The van der Waals surface area contributed by atoms with Crippen LogP contribution in [0.25, 0.3) is 0 Å². The second-order valence-electron chi connectivity index (χ2n) is 2.86.